The van der Waals surface area contributed by atoms with Crippen LogP contribution in [0.5, 0.6) is 0 Å². The summed E-state index contributed by atoms with van der Waals surface area (Å²) < 4.78 is 33.2. The molecule has 112 valence electrons. The highest BCUT2D eigenvalue weighted by Gasteiger charge is 2.22. The largest absolute Gasteiger partial charge is 0.372 e. The topological polar surface area (TPSA) is 55.4 Å². The molecular formula is C14H14ClNO3S2. The fraction of sp³-hybridized carbons (Fsp3) is 0.286. The Labute approximate surface area is 132 Å². The molecule has 1 aliphatic heterocycles. The summed E-state index contributed by atoms with van der Waals surface area (Å²) in [5.74, 6) is 0. The molecule has 0 radical (unpaired) electrons. The normalized spacial score (nSPS) is 18.4. The van der Waals surface area contributed by atoms with Crippen LogP contribution in [0.1, 0.15) is 11.1 Å². The van der Waals surface area contributed by atoms with Crippen molar-refractivity contribution in [1.29, 1.82) is 0 Å². The monoisotopic (exact) mass is 343 g/mol. The molecule has 1 aromatic carbocycles. The van der Waals surface area contributed by atoms with Gasteiger partial charge in [-0.05, 0) is 23.3 Å². The molecule has 21 heavy (non-hydrogen) atoms. The van der Waals surface area contributed by atoms with Crippen molar-refractivity contribution in [2.45, 2.75) is 23.3 Å². The van der Waals surface area contributed by atoms with E-state index in [9.17, 15) is 8.42 Å². The quantitative estimate of drug-likeness (QED) is 0.928. The highest BCUT2D eigenvalue weighted by Crippen LogP contribution is 2.25. The predicted octanol–water partition coefficient (Wildman–Crippen LogP) is 2.82. The Morgan fingerprint density at radius 3 is 2.71 bits per heavy atom. The van der Waals surface area contributed by atoms with Crippen molar-refractivity contribution in [1.82, 2.24) is 4.72 Å². The Hall–Kier alpha value is -0.920. The van der Waals surface area contributed by atoms with Crippen molar-refractivity contribution in [3.05, 3.63) is 51.9 Å². The van der Waals surface area contributed by atoms with Gasteiger partial charge in [0, 0.05) is 13.0 Å². The molecule has 0 amide bonds. The van der Waals surface area contributed by atoms with Crippen LogP contribution in [0.2, 0.25) is 4.34 Å². The van der Waals surface area contributed by atoms with Crippen LogP contribution >= 0.6 is 22.9 Å². The summed E-state index contributed by atoms with van der Waals surface area (Å²) in [6.45, 7) is 0.777. The fourth-order valence-corrected chi connectivity index (χ4v) is 4.85. The molecule has 2 aromatic rings. The number of fused-ring (bicyclic) bond motifs is 1. The lowest BCUT2D eigenvalue weighted by atomic mass is 9.99. The smallest absolute Gasteiger partial charge is 0.250 e. The van der Waals surface area contributed by atoms with Crippen LogP contribution in [0.4, 0.5) is 0 Å². The number of hydrogen-bond acceptors (Lipinski definition) is 4. The minimum absolute atomic E-state index is 0.148. The number of sulfonamides is 1. The third-order valence-corrected chi connectivity index (χ3v) is 6.50. The van der Waals surface area contributed by atoms with Gasteiger partial charge in [0.1, 0.15) is 4.21 Å². The molecule has 1 aliphatic rings. The SMILES string of the molecule is O=S(=O)(NCC1Cc2ccccc2CO1)c1ccc(Cl)s1. The Kier molecular flexibility index (Phi) is 4.33. The third-order valence-electron chi connectivity index (χ3n) is 3.35. The van der Waals surface area contributed by atoms with Crippen molar-refractivity contribution in [2.24, 2.45) is 0 Å². The van der Waals surface area contributed by atoms with Crippen molar-refractivity contribution >= 4 is 33.0 Å². The standard InChI is InChI=1S/C14H14ClNO3S2/c15-13-5-6-14(20-13)21(17,18)16-8-12-7-10-3-1-2-4-11(10)9-19-12/h1-6,12,16H,7-9H2. The van der Waals surface area contributed by atoms with Crippen molar-refractivity contribution < 1.29 is 13.2 Å². The van der Waals surface area contributed by atoms with E-state index in [2.05, 4.69) is 10.8 Å². The van der Waals surface area contributed by atoms with E-state index < -0.39 is 10.0 Å². The van der Waals surface area contributed by atoms with Crippen LogP contribution in [0, 0.1) is 0 Å². The van der Waals surface area contributed by atoms with Gasteiger partial charge in [0.25, 0.3) is 0 Å². The zero-order valence-electron chi connectivity index (χ0n) is 11.1. The van der Waals surface area contributed by atoms with Gasteiger partial charge in [-0.3, -0.25) is 0 Å². The van der Waals surface area contributed by atoms with Gasteiger partial charge in [-0.15, -0.1) is 11.3 Å². The fourth-order valence-electron chi connectivity index (χ4n) is 2.26. The van der Waals surface area contributed by atoms with Gasteiger partial charge in [-0.1, -0.05) is 35.9 Å². The summed E-state index contributed by atoms with van der Waals surface area (Å²) in [7, 11) is -3.51. The minimum atomic E-state index is -3.51. The number of rotatable bonds is 4. The van der Waals surface area contributed by atoms with E-state index in [1.165, 1.54) is 17.2 Å². The first-order chi connectivity index (χ1) is 10.0. The van der Waals surface area contributed by atoms with Gasteiger partial charge in [0.2, 0.25) is 10.0 Å². The maximum absolute atomic E-state index is 12.1. The summed E-state index contributed by atoms with van der Waals surface area (Å²) in [4.78, 5) is 0. The Balaban J connectivity index is 1.64. The van der Waals surface area contributed by atoms with Crippen LogP contribution in [0.3, 0.4) is 0 Å². The Morgan fingerprint density at radius 1 is 1.24 bits per heavy atom. The first-order valence-electron chi connectivity index (χ1n) is 6.48. The lowest BCUT2D eigenvalue weighted by Gasteiger charge is -2.25. The second-order valence-electron chi connectivity index (χ2n) is 4.82. The first-order valence-corrected chi connectivity index (χ1v) is 9.16. The second-order valence-corrected chi connectivity index (χ2v) is 8.53. The van der Waals surface area contributed by atoms with E-state index in [4.69, 9.17) is 16.3 Å². The van der Waals surface area contributed by atoms with Crippen LogP contribution < -0.4 is 4.72 Å². The Bertz CT molecular complexity index is 742. The highest BCUT2D eigenvalue weighted by atomic mass is 35.5. The van der Waals surface area contributed by atoms with E-state index in [0.717, 1.165) is 11.3 Å². The molecule has 7 heteroatoms. The first kappa shape index (κ1) is 15.0. The van der Waals surface area contributed by atoms with E-state index in [-0.39, 0.29) is 16.9 Å². The summed E-state index contributed by atoms with van der Waals surface area (Å²) in [5, 5.41) is 0. The molecule has 0 saturated heterocycles. The number of halogens is 1. The molecule has 1 aromatic heterocycles. The molecule has 2 heterocycles. The third kappa shape index (κ3) is 3.46. The highest BCUT2D eigenvalue weighted by molar-refractivity contribution is 7.91. The second kappa shape index (κ2) is 6.06. The molecule has 1 unspecified atom stereocenters. The van der Waals surface area contributed by atoms with E-state index in [0.29, 0.717) is 17.4 Å². The number of ether oxygens (including phenoxy) is 1. The molecule has 0 fully saturated rings. The van der Waals surface area contributed by atoms with Crippen LogP contribution in [-0.4, -0.2) is 21.1 Å². The predicted molar refractivity (Wildman–Crippen MR) is 83.2 cm³/mol. The van der Waals surface area contributed by atoms with Gasteiger partial charge in [-0.25, -0.2) is 13.1 Å². The van der Waals surface area contributed by atoms with Crippen LogP contribution in [-0.2, 0) is 27.8 Å². The zero-order chi connectivity index (χ0) is 14.9. The van der Waals surface area contributed by atoms with Gasteiger partial charge in [0.15, 0.2) is 0 Å². The summed E-state index contributed by atoms with van der Waals surface area (Å²) in [6, 6.07) is 11.1. The lowest BCUT2D eigenvalue weighted by Crippen LogP contribution is -2.36. The van der Waals surface area contributed by atoms with Crippen LogP contribution in [0.15, 0.2) is 40.6 Å². The molecule has 0 aliphatic carbocycles. The number of hydrogen-bond donors (Lipinski definition) is 1. The van der Waals surface area contributed by atoms with E-state index in [1.807, 2.05) is 18.2 Å². The van der Waals surface area contributed by atoms with E-state index in [1.54, 1.807) is 6.07 Å². The molecule has 0 spiro atoms. The summed E-state index contributed by atoms with van der Waals surface area (Å²) in [5.41, 5.74) is 2.38. The molecule has 3 rings (SSSR count). The maximum atomic E-state index is 12.1. The molecule has 1 atom stereocenters. The number of thiophene rings is 1. The molecule has 0 bridgehead atoms. The number of benzene rings is 1. The van der Waals surface area contributed by atoms with Crippen LogP contribution in [0.25, 0.3) is 0 Å². The van der Waals surface area contributed by atoms with Crippen molar-refractivity contribution in [3.8, 4) is 0 Å². The van der Waals surface area contributed by atoms with Gasteiger partial charge < -0.3 is 4.74 Å². The van der Waals surface area contributed by atoms with E-state index >= 15 is 0 Å². The molecule has 0 saturated carbocycles. The maximum Gasteiger partial charge on any atom is 0.250 e. The Morgan fingerprint density at radius 2 is 2.00 bits per heavy atom. The lowest BCUT2D eigenvalue weighted by molar-refractivity contribution is 0.0322. The summed E-state index contributed by atoms with van der Waals surface area (Å²) in [6.07, 6.45) is 0.564. The molecular weight excluding hydrogens is 330 g/mol. The van der Waals surface area contributed by atoms with Crippen molar-refractivity contribution in [3.63, 3.8) is 0 Å². The average molecular weight is 344 g/mol. The average Bonchev–Trinajstić information content (AvgIpc) is 2.92. The molecule has 1 N–H and O–H groups in total. The van der Waals surface area contributed by atoms with Gasteiger partial charge >= 0.3 is 0 Å². The van der Waals surface area contributed by atoms with Gasteiger partial charge in [0.05, 0.1) is 17.0 Å². The van der Waals surface area contributed by atoms with Crippen molar-refractivity contribution in [2.75, 3.05) is 6.54 Å². The molecule has 4 nitrogen and oxygen atoms in total. The summed E-state index contributed by atoms with van der Waals surface area (Å²) >= 11 is 6.82. The zero-order valence-corrected chi connectivity index (χ0v) is 13.5. The van der Waals surface area contributed by atoms with Gasteiger partial charge in [-0.2, -0.15) is 0 Å². The minimum Gasteiger partial charge on any atom is -0.372 e. The number of nitrogens with one attached hydrogen (secondary N) is 1.